The van der Waals surface area contributed by atoms with Crippen molar-refractivity contribution < 1.29 is 4.42 Å². The highest BCUT2D eigenvalue weighted by atomic mass is 16.4. The summed E-state index contributed by atoms with van der Waals surface area (Å²) in [6.45, 7) is 3.98. The highest BCUT2D eigenvalue weighted by molar-refractivity contribution is 5.12. The lowest BCUT2D eigenvalue weighted by Crippen LogP contribution is -2.13. The zero-order chi connectivity index (χ0) is 11.7. The molecule has 2 fully saturated rings. The van der Waals surface area contributed by atoms with E-state index in [0.29, 0.717) is 5.92 Å². The summed E-state index contributed by atoms with van der Waals surface area (Å²) in [6.07, 6.45) is 8.71. The van der Waals surface area contributed by atoms with Crippen LogP contribution in [0.5, 0.6) is 0 Å². The standard InChI is InChI=1S/C14H22N2O/c1-2-7-15-9-13-16-8-12(17-13)14(10-3-4-10)11-5-6-11/h8,10-11,14-15H,2-7,9H2,1H3. The number of nitrogens with one attached hydrogen (secondary N) is 1. The van der Waals surface area contributed by atoms with Crippen molar-refractivity contribution in [2.75, 3.05) is 6.54 Å². The van der Waals surface area contributed by atoms with E-state index >= 15 is 0 Å². The van der Waals surface area contributed by atoms with Crippen molar-refractivity contribution in [1.29, 1.82) is 0 Å². The molecule has 2 saturated carbocycles. The van der Waals surface area contributed by atoms with Gasteiger partial charge in [-0.05, 0) is 50.5 Å². The van der Waals surface area contributed by atoms with Crippen molar-refractivity contribution in [1.82, 2.24) is 10.3 Å². The monoisotopic (exact) mass is 234 g/mol. The Morgan fingerprint density at radius 3 is 2.65 bits per heavy atom. The molecule has 1 aromatic rings. The molecule has 3 rings (SSSR count). The zero-order valence-electron chi connectivity index (χ0n) is 10.6. The normalized spacial score (nSPS) is 20.1. The van der Waals surface area contributed by atoms with Crippen molar-refractivity contribution in [3.8, 4) is 0 Å². The molecule has 0 unspecified atom stereocenters. The molecule has 0 aromatic carbocycles. The molecule has 2 aliphatic carbocycles. The molecule has 3 nitrogen and oxygen atoms in total. The summed E-state index contributed by atoms with van der Waals surface area (Å²) in [5.41, 5.74) is 0. The first-order chi connectivity index (χ1) is 8.38. The first-order valence-corrected chi connectivity index (χ1v) is 7.03. The summed E-state index contributed by atoms with van der Waals surface area (Å²) in [6, 6.07) is 0. The second-order valence-corrected chi connectivity index (χ2v) is 5.53. The quantitative estimate of drug-likeness (QED) is 0.737. The Morgan fingerprint density at radius 1 is 1.35 bits per heavy atom. The first-order valence-electron chi connectivity index (χ1n) is 7.03. The van der Waals surface area contributed by atoms with Crippen LogP contribution in [0.1, 0.15) is 56.6 Å². The van der Waals surface area contributed by atoms with Crippen LogP contribution < -0.4 is 5.32 Å². The average molecular weight is 234 g/mol. The van der Waals surface area contributed by atoms with Crippen LogP contribution in [-0.2, 0) is 6.54 Å². The highest BCUT2D eigenvalue weighted by Crippen LogP contribution is 2.54. The van der Waals surface area contributed by atoms with Gasteiger partial charge in [0.2, 0.25) is 5.89 Å². The van der Waals surface area contributed by atoms with Gasteiger partial charge in [0.25, 0.3) is 0 Å². The largest absolute Gasteiger partial charge is 0.444 e. The van der Waals surface area contributed by atoms with Gasteiger partial charge in [0.15, 0.2) is 0 Å². The van der Waals surface area contributed by atoms with Crippen molar-refractivity contribution >= 4 is 0 Å². The number of rotatable bonds is 7. The molecule has 0 radical (unpaired) electrons. The van der Waals surface area contributed by atoms with Gasteiger partial charge in [-0.2, -0.15) is 0 Å². The van der Waals surface area contributed by atoms with Crippen LogP contribution in [0.2, 0.25) is 0 Å². The summed E-state index contributed by atoms with van der Waals surface area (Å²) >= 11 is 0. The van der Waals surface area contributed by atoms with E-state index in [2.05, 4.69) is 17.2 Å². The molecule has 1 N–H and O–H groups in total. The molecule has 0 bridgehead atoms. The van der Waals surface area contributed by atoms with E-state index in [-0.39, 0.29) is 0 Å². The first kappa shape index (κ1) is 11.3. The predicted octanol–water partition coefficient (Wildman–Crippen LogP) is 3.08. The lowest BCUT2D eigenvalue weighted by atomic mass is 9.96. The average Bonchev–Trinajstić information content (AvgIpc) is 3.22. The van der Waals surface area contributed by atoms with Crippen molar-refractivity contribution in [3.63, 3.8) is 0 Å². The maximum atomic E-state index is 5.92. The van der Waals surface area contributed by atoms with Crippen molar-refractivity contribution in [3.05, 3.63) is 17.8 Å². The van der Waals surface area contributed by atoms with E-state index in [0.717, 1.165) is 43.0 Å². The fourth-order valence-corrected chi connectivity index (χ4v) is 2.69. The third-order valence-electron chi connectivity index (χ3n) is 3.86. The topological polar surface area (TPSA) is 38.1 Å². The highest BCUT2D eigenvalue weighted by Gasteiger charge is 2.44. The summed E-state index contributed by atoms with van der Waals surface area (Å²) in [5.74, 6) is 4.49. The molecule has 2 aliphatic rings. The molecule has 1 heterocycles. The van der Waals surface area contributed by atoms with Gasteiger partial charge in [-0.15, -0.1) is 0 Å². The number of nitrogens with zero attached hydrogens (tertiary/aromatic N) is 1. The van der Waals surface area contributed by atoms with Gasteiger partial charge in [-0.25, -0.2) is 4.98 Å². The molecule has 0 saturated heterocycles. The maximum Gasteiger partial charge on any atom is 0.208 e. The summed E-state index contributed by atoms with van der Waals surface area (Å²) in [4.78, 5) is 4.40. The number of hydrogen-bond donors (Lipinski definition) is 1. The van der Waals surface area contributed by atoms with E-state index in [9.17, 15) is 0 Å². The van der Waals surface area contributed by atoms with E-state index in [1.807, 2.05) is 6.20 Å². The molecule has 3 heteroatoms. The molecule has 0 aliphatic heterocycles. The third kappa shape index (κ3) is 2.71. The summed E-state index contributed by atoms with van der Waals surface area (Å²) in [5, 5.41) is 3.34. The summed E-state index contributed by atoms with van der Waals surface area (Å²) < 4.78 is 5.92. The lowest BCUT2D eigenvalue weighted by molar-refractivity contribution is 0.375. The molecule has 0 atom stereocenters. The van der Waals surface area contributed by atoms with Gasteiger partial charge in [0.1, 0.15) is 5.76 Å². The van der Waals surface area contributed by atoms with E-state index in [1.165, 1.54) is 25.7 Å². The number of aromatic nitrogens is 1. The smallest absolute Gasteiger partial charge is 0.208 e. The predicted molar refractivity (Wildman–Crippen MR) is 66.7 cm³/mol. The van der Waals surface area contributed by atoms with Gasteiger partial charge < -0.3 is 9.73 Å². The second-order valence-electron chi connectivity index (χ2n) is 5.53. The van der Waals surface area contributed by atoms with Gasteiger partial charge >= 0.3 is 0 Å². The minimum atomic E-state index is 0.683. The van der Waals surface area contributed by atoms with E-state index < -0.39 is 0 Å². The molecular weight excluding hydrogens is 212 g/mol. The molecule has 1 aromatic heterocycles. The number of hydrogen-bond acceptors (Lipinski definition) is 3. The molecular formula is C14H22N2O. The minimum absolute atomic E-state index is 0.683. The van der Waals surface area contributed by atoms with Crippen LogP contribution in [-0.4, -0.2) is 11.5 Å². The van der Waals surface area contributed by atoms with Crippen LogP contribution >= 0.6 is 0 Å². The van der Waals surface area contributed by atoms with Gasteiger partial charge in [-0.3, -0.25) is 0 Å². The van der Waals surface area contributed by atoms with E-state index in [1.54, 1.807) is 0 Å². The molecule has 0 amide bonds. The van der Waals surface area contributed by atoms with Crippen LogP contribution in [0.4, 0.5) is 0 Å². The zero-order valence-corrected chi connectivity index (χ0v) is 10.6. The Labute approximate surface area is 103 Å². The minimum Gasteiger partial charge on any atom is -0.444 e. The molecule has 0 spiro atoms. The Balaban J connectivity index is 1.62. The van der Waals surface area contributed by atoms with Gasteiger partial charge in [0, 0.05) is 5.92 Å². The third-order valence-corrected chi connectivity index (χ3v) is 3.86. The summed E-state index contributed by atoms with van der Waals surface area (Å²) in [7, 11) is 0. The molecule has 17 heavy (non-hydrogen) atoms. The maximum absolute atomic E-state index is 5.92. The fraction of sp³-hybridized carbons (Fsp3) is 0.786. The van der Waals surface area contributed by atoms with Crippen LogP contribution in [0, 0.1) is 11.8 Å². The van der Waals surface area contributed by atoms with Crippen molar-refractivity contribution in [2.24, 2.45) is 11.8 Å². The number of oxazole rings is 1. The fourth-order valence-electron chi connectivity index (χ4n) is 2.69. The SMILES string of the molecule is CCCNCc1ncc(C(C2CC2)C2CC2)o1. The van der Waals surface area contributed by atoms with Crippen LogP contribution in [0.15, 0.2) is 10.6 Å². The van der Waals surface area contributed by atoms with Crippen molar-refractivity contribution in [2.45, 2.75) is 51.5 Å². The molecule has 94 valence electrons. The van der Waals surface area contributed by atoms with E-state index in [4.69, 9.17) is 4.42 Å². The second kappa shape index (κ2) is 4.81. The Kier molecular flexibility index (Phi) is 3.19. The Morgan fingerprint density at radius 2 is 2.06 bits per heavy atom. The Bertz CT molecular complexity index is 354. The van der Waals surface area contributed by atoms with Crippen LogP contribution in [0.3, 0.4) is 0 Å². The lowest BCUT2D eigenvalue weighted by Gasteiger charge is -2.10. The Hall–Kier alpha value is -0.830. The van der Waals surface area contributed by atoms with Gasteiger partial charge in [-0.1, -0.05) is 6.92 Å². The van der Waals surface area contributed by atoms with Gasteiger partial charge in [0.05, 0.1) is 12.7 Å². The van der Waals surface area contributed by atoms with Crippen LogP contribution in [0.25, 0.3) is 0 Å².